The van der Waals surface area contributed by atoms with Gasteiger partial charge in [0.05, 0.1) is 11.4 Å². The second-order valence-electron chi connectivity index (χ2n) is 4.20. The monoisotopic (exact) mass is 245 g/mol. The predicted molar refractivity (Wildman–Crippen MR) is 72.0 cm³/mol. The Labute approximate surface area is 106 Å². The zero-order valence-corrected chi connectivity index (χ0v) is 10.3. The Balaban J connectivity index is 2.06. The highest BCUT2D eigenvalue weighted by molar-refractivity contribution is 5.67. The number of rotatable bonds is 4. The molecule has 1 aromatic heterocycles. The molecule has 0 spiro atoms. The van der Waals surface area contributed by atoms with E-state index < -0.39 is 0 Å². The van der Waals surface area contributed by atoms with Gasteiger partial charge in [0, 0.05) is 26.0 Å². The van der Waals surface area contributed by atoms with Gasteiger partial charge in [0.1, 0.15) is 5.82 Å². The van der Waals surface area contributed by atoms with Crippen molar-refractivity contribution in [3.8, 4) is 0 Å². The lowest BCUT2D eigenvalue weighted by molar-refractivity contribution is 0.623. The van der Waals surface area contributed by atoms with E-state index in [-0.39, 0.29) is 5.82 Å². The third kappa shape index (κ3) is 2.77. The summed E-state index contributed by atoms with van der Waals surface area (Å²) < 4.78 is 13.7. The Morgan fingerprint density at radius 2 is 1.94 bits per heavy atom. The van der Waals surface area contributed by atoms with E-state index in [4.69, 9.17) is 5.73 Å². The molecule has 0 fully saturated rings. The van der Waals surface area contributed by atoms with E-state index in [2.05, 4.69) is 4.98 Å². The van der Waals surface area contributed by atoms with Crippen molar-refractivity contribution >= 4 is 11.4 Å². The summed E-state index contributed by atoms with van der Waals surface area (Å²) in [7, 11) is 1.84. The summed E-state index contributed by atoms with van der Waals surface area (Å²) in [5.41, 5.74) is 7.90. The largest absolute Gasteiger partial charge is 0.397 e. The highest BCUT2D eigenvalue weighted by Gasteiger charge is 2.10. The van der Waals surface area contributed by atoms with Crippen LogP contribution in [-0.4, -0.2) is 18.6 Å². The Morgan fingerprint density at radius 3 is 2.61 bits per heavy atom. The van der Waals surface area contributed by atoms with Crippen molar-refractivity contribution in [3.05, 3.63) is 54.1 Å². The molecule has 0 radical (unpaired) electrons. The van der Waals surface area contributed by atoms with Gasteiger partial charge < -0.3 is 10.6 Å². The predicted octanol–water partition coefficient (Wildman–Crippen LogP) is 2.48. The summed E-state index contributed by atoms with van der Waals surface area (Å²) in [4.78, 5) is 5.80. The first-order valence-corrected chi connectivity index (χ1v) is 5.82. The number of pyridine rings is 1. The number of nitrogens with zero attached hydrogens (tertiary/aromatic N) is 2. The SMILES string of the molecule is CN(CCc1ccncc1)c1c(N)cccc1F. The Hall–Kier alpha value is -2.10. The molecular weight excluding hydrogens is 229 g/mol. The van der Waals surface area contributed by atoms with Gasteiger partial charge in [-0.25, -0.2) is 4.39 Å². The average molecular weight is 245 g/mol. The third-order valence-corrected chi connectivity index (χ3v) is 2.88. The van der Waals surface area contributed by atoms with E-state index in [1.54, 1.807) is 24.5 Å². The van der Waals surface area contributed by atoms with Gasteiger partial charge in [-0.15, -0.1) is 0 Å². The lowest BCUT2D eigenvalue weighted by Gasteiger charge is -2.21. The van der Waals surface area contributed by atoms with Crippen LogP contribution in [0.1, 0.15) is 5.56 Å². The Kier molecular flexibility index (Phi) is 3.77. The van der Waals surface area contributed by atoms with Gasteiger partial charge in [-0.2, -0.15) is 0 Å². The molecule has 0 amide bonds. The summed E-state index contributed by atoms with van der Waals surface area (Å²) in [5.74, 6) is -0.285. The molecule has 0 unspecified atom stereocenters. The Morgan fingerprint density at radius 1 is 1.22 bits per heavy atom. The standard InChI is InChI=1S/C14H16FN3/c1-18(10-7-11-5-8-17-9-6-11)14-12(15)3-2-4-13(14)16/h2-6,8-9H,7,10,16H2,1H3. The number of para-hydroxylation sites is 1. The fraction of sp³-hybridized carbons (Fsp3) is 0.214. The van der Waals surface area contributed by atoms with Crippen molar-refractivity contribution in [3.63, 3.8) is 0 Å². The van der Waals surface area contributed by atoms with Gasteiger partial charge in [-0.3, -0.25) is 4.98 Å². The zero-order valence-electron chi connectivity index (χ0n) is 10.3. The van der Waals surface area contributed by atoms with Crippen molar-refractivity contribution in [2.45, 2.75) is 6.42 Å². The van der Waals surface area contributed by atoms with Crippen LogP contribution in [0.3, 0.4) is 0 Å². The fourth-order valence-electron chi connectivity index (χ4n) is 1.89. The highest BCUT2D eigenvalue weighted by Crippen LogP contribution is 2.25. The van der Waals surface area contributed by atoms with Gasteiger partial charge in [0.2, 0.25) is 0 Å². The average Bonchev–Trinajstić information content (AvgIpc) is 2.37. The molecule has 0 saturated heterocycles. The number of hydrogen-bond acceptors (Lipinski definition) is 3. The van der Waals surface area contributed by atoms with Crippen LogP contribution in [0.2, 0.25) is 0 Å². The van der Waals surface area contributed by atoms with Gasteiger partial charge in [-0.05, 0) is 36.2 Å². The van der Waals surface area contributed by atoms with Gasteiger partial charge in [-0.1, -0.05) is 6.07 Å². The minimum absolute atomic E-state index is 0.285. The summed E-state index contributed by atoms with van der Waals surface area (Å²) in [6, 6.07) is 8.66. The van der Waals surface area contributed by atoms with E-state index in [0.29, 0.717) is 17.9 Å². The summed E-state index contributed by atoms with van der Waals surface area (Å²) in [6.45, 7) is 0.704. The first-order valence-electron chi connectivity index (χ1n) is 5.82. The lowest BCUT2D eigenvalue weighted by Crippen LogP contribution is -2.22. The number of hydrogen-bond donors (Lipinski definition) is 1. The first kappa shape index (κ1) is 12.4. The van der Waals surface area contributed by atoms with E-state index in [9.17, 15) is 4.39 Å². The molecule has 0 aliphatic rings. The second-order valence-corrected chi connectivity index (χ2v) is 4.20. The number of anilines is 2. The molecule has 1 heterocycles. The van der Waals surface area contributed by atoms with Crippen molar-refractivity contribution in [2.75, 3.05) is 24.2 Å². The molecule has 4 heteroatoms. The van der Waals surface area contributed by atoms with Gasteiger partial charge >= 0.3 is 0 Å². The van der Waals surface area contributed by atoms with Crippen molar-refractivity contribution in [1.29, 1.82) is 0 Å². The number of halogens is 1. The number of nitrogen functional groups attached to an aromatic ring is 1. The summed E-state index contributed by atoms with van der Waals surface area (Å²) in [5, 5.41) is 0. The molecule has 0 aliphatic heterocycles. The number of aromatic nitrogens is 1. The molecule has 3 nitrogen and oxygen atoms in total. The highest BCUT2D eigenvalue weighted by atomic mass is 19.1. The fourth-order valence-corrected chi connectivity index (χ4v) is 1.89. The van der Waals surface area contributed by atoms with Crippen LogP contribution >= 0.6 is 0 Å². The normalized spacial score (nSPS) is 10.3. The van der Waals surface area contributed by atoms with Crippen LogP contribution in [-0.2, 0) is 6.42 Å². The molecule has 94 valence electrons. The van der Waals surface area contributed by atoms with Gasteiger partial charge in [0.15, 0.2) is 0 Å². The summed E-state index contributed by atoms with van der Waals surface area (Å²) >= 11 is 0. The van der Waals surface area contributed by atoms with Crippen LogP contribution in [0.25, 0.3) is 0 Å². The molecule has 2 rings (SSSR count). The number of likely N-dealkylation sites (N-methyl/N-ethyl adjacent to an activating group) is 1. The minimum Gasteiger partial charge on any atom is -0.397 e. The zero-order chi connectivity index (χ0) is 13.0. The smallest absolute Gasteiger partial charge is 0.148 e. The van der Waals surface area contributed by atoms with E-state index >= 15 is 0 Å². The molecule has 2 N–H and O–H groups in total. The van der Waals surface area contributed by atoms with Crippen molar-refractivity contribution < 1.29 is 4.39 Å². The molecule has 0 atom stereocenters. The molecule has 0 saturated carbocycles. The molecule has 1 aromatic carbocycles. The van der Waals surface area contributed by atoms with E-state index in [0.717, 1.165) is 6.42 Å². The quantitative estimate of drug-likeness (QED) is 0.841. The molecule has 2 aromatic rings. The maximum atomic E-state index is 13.7. The van der Waals surface area contributed by atoms with E-state index in [1.807, 2.05) is 24.1 Å². The first-order chi connectivity index (χ1) is 8.68. The van der Waals surface area contributed by atoms with Crippen molar-refractivity contribution in [2.24, 2.45) is 0 Å². The molecule has 18 heavy (non-hydrogen) atoms. The maximum absolute atomic E-state index is 13.7. The lowest BCUT2D eigenvalue weighted by atomic mass is 10.2. The van der Waals surface area contributed by atoms with Gasteiger partial charge in [0.25, 0.3) is 0 Å². The summed E-state index contributed by atoms with van der Waals surface area (Å²) in [6.07, 6.45) is 4.34. The number of nitrogens with two attached hydrogens (primary N) is 1. The van der Waals surface area contributed by atoms with Crippen LogP contribution < -0.4 is 10.6 Å². The molecule has 0 aliphatic carbocycles. The van der Waals surface area contributed by atoms with Crippen LogP contribution in [0.5, 0.6) is 0 Å². The topological polar surface area (TPSA) is 42.2 Å². The third-order valence-electron chi connectivity index (χ3n) is 2.88. The maximum Gasteiger partial charge on any atom is 0.148 e. The molecule has 0 bridgehead atoms. The van der Waals surface area contributed by atoms with Crippen LogP contribution in [0, 0.1) is 5.82 Å². The van der Waals surface area contributed by atoms with Crippen LogP contribution in [0.4, 0.5) is 15.8 Å². The number of benzene rings is 1. The minimum atomic E-state index is -0.285. The Bertz CT molecular complexity index is 493. The van der Waals surface area contributed by atoms with Crippen LogP contribution in [0.15, 0.2) is 42.7 Å². The molecular formula is C14H16FN3. The van der Waals surface area contributed by atoms with E-state index in [1.165, 1.54) is 11.6 Å². The second kappa shape index (κ2) is 5.49. The van der Waals surface area contributed by atoms with Crippen molar-refractivity contribution in [1.82, 2.24) is 4.98 Å².